The van der Waals surface area contributed by atoms with Crippen LogP contribution in [-0.2, 0) is 4.74 Å². The van der Waals surface area contributed by atoms with E-state index in [4.69, 9.17) is 9.47 Å². The summed E-state index contributed by atoms with van der Waals surface area (Å²) in [5.41, 5.74) is 1.15. The van der Waals surface area contributed by atoms with Crippen LogP contribution >= 0.6 is 0 Å². The molecule has 2 rings (SSSR count). The lowest BCUT2D eigenvalue weighted by Gasteiger charge is -2.27. The van der Waals surface area contributed by atoms with E-state index < -0.39 is 0 Å². The molecule has 1 aliphatic carbocycles. The summed E-state index contributed by atoms with van der Waals surface area (Å²) in [6.45, 7) is 1.23. The largest absolute Gasteiger partial charge is 0.491 e. The van der Waals surface area contributed by atoms with Crippen LogP contribution in [0.2, 0.25) is 0 Å². The third-order valence-corrected chi connectivity index (χ3v) is 2.87. The smallest absolute Gasteiger partial charge is 0.121 e. The van der Waals surface area contributed by atoms with Crippen LogP contribution in [0, 0.1) is 0 Å². The van der Waals surface area contributed by atoms with Gasteiger partial charge >= 0.3 is 0 Å². The van der Waals surface area contributed by atoms with Gasteiger partial charge in [-0.25, -0.2) is 0 Å². The summed E-state index contributed by atoms with van der Waals surface area (Å²) in [4.78, 5) is 0. The normalized spacial score (nSPS) is 15.6. The minimum atomic E-state index is 0.601. The number of anilines is 1. The van der Waals surface area contributed by atoms with Crippen molar-refractivity contribution in [1.29, 1.82) is 0 Å². The number of hydrogen-bond acceptors (Lipinski definition) is 3. The molecule has 1 N–H and O–H groups in total. The van der Waals surface area contributed by atoms with Gasteiger partial charge in [0.15, 0.2) is 0 Å². The van der Waals surface area contributed by atoms with Crippen molar-refractivity contribution in [3.8, 4) is 5.75 Å². The summed E-state index contributed by atoms with van der Waals surface area (Å²) in [5, 5.41) is 3.50. The molecule has 3 nitrogen and oxygen atoms in total. The Hall–Kier alpha value is -1.22. The molecule has 1 fully saturated rings. The standard InChI is InChI=1S/C13H19NO2/c1-15-8-9-16-13-7-3-6-12(10-13)14-11-4-2-5-11/h3,6-7,10-11,14H,2,4-5,8-9H2,1H3. The van der Waals surface area contributed by atoms with Crippen molar-refractivity contribution in [1.82, 2.24) is 0 Å². The van der Waals surface area contributed by atoms with Crippen molar-refractivity contribution in [3.63, 3.8) is 0 Å². The van der Waals surface area contributed by atoms with Crippen molar-refractivity contribution in [2.75, 3.05) is 25.6 Å². The average molecular weight is 221 g/mol. The van der Waals surface area contributed by atoms with Crippen molar-refractivity contribution >= 4 is 5.69 Å². The second-order valence-electron chi connectivity index (χ2n) is 4.14. The Morgan fingerprint density at radius 2 is 2.19 bits per heavy atom. The van der Waals surface area contributed by atoms with E-state index in [1.165, 1.54) is 19.3 Å². The fourth-order valence-corrected chi connectivity index (χ4v) is 1.71. The lowest BCUT2D eigenvalue weighted by molar-refractivity contribution is 0.146. The third kappa shape index (κ3) is 3.14. The zero-order valence-electron chi connectivity index (χ0n) is 9.74. The molecular weight excluding hydrogens is 202 g/mol. The van der Waals surface area contributed by atoms with E-state index in [2.05, 4.69) is 11.4 Å². The number of methoxy groups -OCH3 is 1. The van der Waals surface area contributed by atoms with Gasteiger partial charge in [0.1, 0.15) is 12.4 Å². The Balaban J connectivity index is 1.85. The fraction of sp³-hybridized carbons (Fsp3) is 0.538. The maximum absolute atomic E-state index is 5.56. The number of benzene rings is 1. The molecule has 3 heteroatoms. The van der Waals surface area contributed by atoms with Crippen molar-refractivity contribution in [2.45, 2.75) is 25.3 Å². The van der Waals surface area contributed by atoms with Gasteiger partial charge in [-0.2, -0.15) is 0 Å². The first-order valence-electron chi connectivity index (χ1n) is 5.87. The van der Waals surface area contributed by atoms with Crippen LogP contribution in [0.5, 0.6) is 5.75 Å². The Bertz CT molecular complexity index is 323. The number of hydrogen-bond donors (Lipinski definition) is 1. The van der Waals surface area contributed by atoms with Crippen LogP contribution in [0.3, 0.4) is 0 Å². The van der Waals surface area contributed by atoms with E-state index in [0.29, 0.717) is 19.3 Å². The van der Waals surface area contributed by atoms with E-state index >= 15 is 0 Å². The van der Waals surface area contributed by atoms with Crippen molar-refractivity contribution < 1.29 is 9.47 Å². The molecule has 0 aromatic heterocycles. The molecule has 16 heavy (non-hydrogen) atoms. The van der Waals surface area contributed by atoms with Crippen LogP contribution in [0.1, 0.15) is 19.3 Å². The average Bonchev–Trinajstić information content (AvgIpc) is 2.25. The molecule has 0 radical (unpaired) electrons. The topological polar surface area (TPSA) is 30.5 Å². The van der Waals surface area contributed by atoms with Gasteiger partial charge in [-0.05, 0) is 31.4 Å². The van der Waals surface area contributed by atoms with Gasteiger partial charge in [0.05, 0.1) is 6.61 Å². The Labute approximate surface area is 96.8 Å². The highest BCUT2D eigenvalue weighted by Gasteiger charge is 2.16. The van der Waals surface area contributed by atoms with Crippen LogP contribution in [0.25, 0.3) is 0 Å². The maximum Gasteiger partial charge on any atom is 0.121 e. The summed E-state index contributed by atoms with van der Waals surface area (Å²) >= 11 is 0. The van der Waals surface area contributed by atoms with E-state index in [1.54, 1.807) is 7.11 Å². The monoisotopic (exact) mass is 221 g/mol. The zero-order valence-corrected chi connectivity index (χ0v) is 9.74. The molecular formula is C13H19NO2. The Morgan fingerprint density at radius 1 is 1.31 bits per heavy atom. The van der Waals surface area contributed by atoms with Gasteiger partial charge in [0.2, 0.25) is 0 Å². The highest BCUT2D eigenvalue weighted by atomic mass is 16.5. The molecule has 1 saturated carbocycles. The first kappa shape index (κ1) is 11.3. The predicted molar refractivity (Wildman–Crippen MR) is 65.1 cm³/mol. The summed E-state index contributed by atoms with van der Waals surface area (Å²) in [6.07, 6.45) is 3.92. The molecule has 0 heterocycles. The number of nitrogens with one attached hydrogen (secondary N) is 1. The second-order valence-corrected chi connectivity index (χ2v) is 4.14. The molecule has 1 aromatic rings. The van der Waals surface area contributed by atoms with E-state index in [1.807, 2.05) is 18.2 Å². The molecule has 0 saturated heterocycles. The van der Waals surface area contributed by atoms with Crippen LogP contribution < -0.4 is 10.1 Å². The molecule has 0 unspecified atom stereocenters. The third-order valence-electron chi connectivity index (χ3n) is 2.87. The lowest BCUT2D eigenvalue weighted by Crippen LogP contribution is -2.26. The highest BCUT2D eigenvalue weighted by Crippen LogP contribution is 2.25. The minimum absolute atomic E-state index is 0.601. The van der Waals surface area contributed by atoms with Gasteiger partial charge in [0.25, 0.3) is 0 Å². The summed E-state index contributed by atoms with van der Waals surface area (Å²) in [5.74, 6) is 0.904. The van der Waals surface area contributed by atoms with Gasteiger partial charge in [-0.15, -0.1) is 0 Å². The Kier molecular flexibility index (Phi) is 4.05. The van der Waals surface area contributed by atoms with Crippen LogP contribution in [-0.4, -0.2) is 26.4 Å². The first-order valence-corrected chi connectivity index (χ1v) is 5.87. The minimum Gasteiger partial charge on any atom is -0.491 e. The van der Waals surface area contributed by atoms with Gasteiger partial charge in [-0.3, -0.25) is 0 Å². The molecule has 0 spiro atoms. The fourth-order valence-electron chi connectivity index (χ4n) is 1.71. The molecule has 0 aliphatic heterocycles. The van der Waals surface area contributed by atoms with E-state index in [9.17, 15) is 0 Å². The van der Waals surface area contributed by atoms with E-state index in [0.717, 1.165) is 11.4 Å². The van der Waals surface area contributed by atoms with Gasteiger partial charge in [0, 0.05) is 24.9 Å². The van der Waals surface area contributed by atoms with Gasteiger partial charge in [-0.1, -0.05) is 6.07 Å². The Morgan fingerprint density at radius 3 is 2.88 bits per heavy atom. The molecule has 0 atom stereocenters. The summed E-state index contributed by atoms with van der Waals surface area (Å²) < 4.78 is 10.5. The summed E-state index contributed by atoms with van der Waals surface area (Å²) in [6, 6.07) is 8.79. The van der Waals surface area contributed by atoms with E-state index in [-0.39, 0.29) is 0 Å². The SMILES string of the molecule is COCCOc1cccc(NC2CCC2)c1. The van der Waals surface area contributed by atoms with Crippen molar-refractivity contribution in [2.24, 2.45) is 0 Å². The molecule has 0 amide bonds. The zero-order chi connectivity index (χ0) is 11.2. The number of ether oxygens (including phenoxy) is 2. The second kappa shape index (κ2) is 5.75. The summed E-state index contributed by atoms with van der Waals surface area (Å²) in [7, 11) is 1.68. The molecule has 88 valence electrons. The number of rotatable bonds is 6. The van der Waals surface area contributed by atoms with Gasteiger partial charge < -0.3 is 14.8 Å². The lowest BCUT2D eigenvalue weighted by atomic mass is 9.93. The highest BCUT2D eigenvalue weighted by molar-refractivity contribution is 5.49. The maximum atomic E-state index is 5.56. The van der Waals surface area contributed by atoms with Crippen LogP contribution in [0.15, 0.2) is 24.3 Å². The first-order chi connectivity index (χ1) is 7.88. The molecule has 1 aliphatic rings. The van der Waals surface area contributed by atoms with Crippen LogP contribution in [0.4, 0.5) is 5.69 Å². The molecule has 0 bridgehead atoms. The quantitative estimate of drug-likeness (QED) is 0.749. The molecule has 1 aromatic carbocycles. The van der Waals surface area contributed by atoms with Crippen molar-refractivity contribution in [3.05, 3.63) is 24.3 Å². The predicted octanol–water partition coefficient (Wildman–Crippen LogP) is 2.68.